The molecule has 0 bridgehead atoms. The van der Waals surface area contributed by atoms with Crippen LogP contribution >= 0.6 is 12.2 Å². The van der Waals surface area contributed by atoms with Crippen LogP contribution in [0.3, 0.4) is 0 Å². The van der Waals surface area contributed by atoms with Crippen LogP contribution in [0.4, 0.5) is 5.69 Å². The van der Waals surface area contributed by atoms with Crippen LogP contribution < -0.4 is 10.6 Å². The Bertz CT molecular complexity index is 818. The second-order valence-corrected chi connectivity index (χ2v) is 6.84. The molecule has 4 nitrogen and oxygen atoms in total. The molecule has 0 fully saturated rings. The van der Waals surface area contributed by atoms with Crippen molar-refractivity contribution >= 4 is 29.0 Å². The van der Waals surface area contributed by atoms with Crippen molar-refractivity contribution in [1.29, 1.82) is 0 Å². The Morgan fingerprint density at radius 1 is 1.12 bits per heavy atom. The second kappa shape index (κ2) is 8.81. The minimum Gasteiger partial charge on any atom is -0.462 e. The average molecular weight is 371 g/mol. The van der Waals surface area contributed by atoms with Gasteiger partial charge in [-0.1, -0.05) is 23.8 Å². The van der Waals surface area contributed by atoms with E-state index in [-0.39, 0.29) is 12.0 Å². The Kier molecular flexibility index (Phi) is 6.75. The number of ether oxygens (including phenoxy) is 1. The number of anilines is 1. The molecule has 0 heterocycles. The fourth-order valence-electron chi connectivity index (χ4n) is 2.89. The number of benzene rings is 2. The van der Waals surface area contributed by atoms with Crippen molar-refractivity contribution in [1.82, 2.24) is 5.32 Å². The lowest BCUT2D eigenvalue weighted by Crippen LogP contribution is -2.31. The molecule has 5 heteroatoms. The van der Waals surface area contributed by atoms with E-state index in [1.54, 1.807) is 19.1 Å². The zero-order chi connectivity index (χ0) is 19.3. The molecule has 0 saturated heterocycles. The van der Waals surface area contributed by atoms with Crippen molar-refractivity contribution in [3.8, 4) is 0 Å². The van der Waals surface area contributed by atoms with Crippen LogP contribution in [0.1, 0.15) is 52.5 Å². The number of rotatable bonds is 5. The van der Waals surface area contributed by atoms with Gasteiger partial charge in [0.05, 0.1) is 18.2 Å². The van der Waals surface area contributed by atoms with Crippen molar-refractivity contribution in [2.45, 2.75) is 40.7 Å². The fraction of sp³-hybridized carbons (Fsp3) is 0.333. The van der Waals surface area contributed by atoms with Gasteiger partial charge in [0, 0.05) is 5.69 Å². The molecule has 0 aliphatic rings. The molecule has 2 aromatic carbocycles. The summed E-state index contributed by atoms with van der Waals surface area (Å²) in [6.07, 6.45) is 0. The number of thiocarbonyl (C=S) groups is 1. The van der Waals surface area contributed by atoms with Gasteiger partial charge in [0.25, 0.3) is 0 Å². The molecule has 1 unspecified atom stereocenters. The predicted molar refractivity (Wildman–Crippen MR) is 111 cm³/mol. The maximum absolute atomic E-state index is 11.8. The third-order valence-corrected chi connectivity index (χ3v) is 4.45. The highest BCUT2D eigenvalue weighted by molar-refractivity contribution is 7.80. The highest BCUT2D eigenvalue weighted by Gasteiger charge is 2.12. The molecule has 26 heavy (non-hydrogen) atoms. The lowest BCUT2D eigenvalue weighted by atomic mass is 10.0. The van der Waals surface area contributed by atoms with Gasteiger partial charge in [-0.05, 0) is 81.7 Å². The van der Waals surface area contributed by atoms with Crippen LogP contribution in [0.2, 0.25) is 0 Å². The van der Waals surface area contributed by atoms with Gasteiger partial charge in [-0.15, -0.1) is 0 Å². The molecule has 0 radical (unpaired) electrons. The van der Waals surface area contributed by atoms with E-state index in [0.717, 1.165) is 11.3 Å². The van der Waals surface area contributed by atoms with Crippen LogP contribution in [0.5, 0.6) is 0 Å². The van der Waals surface area contributed by atoms with E-state index >= 15 is 0 Å². The van der Waals surface area contributed by atoms with Gasteiger partial charge in [-0.3, -0.25) is 0 Å². The molecular weight excluding hydrogens is 344 g/mol. The van der Waals surface area contributed by atoms with E-state index in [0.29, 0.717) is 17.3 Å². The third kappa shape index (κ3) is 5.05. The van der Waals surface area contributed by atoms with E-state index in [2.05, 4.69) is 49.6 Å². The molecule has 0 amide bonds. The maximum atomic E-state index is 11.8. The molecule has 2 N–H and O–H groups in total. The Balaban J connectivity index is 2.04. The Morgan fingerprint density at radius 2 is 1.85 bits per heavy atom. The Labute approximate surface area is 161 Å². The molecule has 0 aliphatic heterocycles. The van der Waals surface area contributed by atoms with Gasteiger partial charge >= 0.3 is 5.97 Å². The minimum atomic E-state index is -0.314. The van der Waals surface area contributed by atoms with Gasteiger partial charge < -0.3 is 15.4 Å². The monoisotopic (exact) mass is 370 g/mol. The zero-order valence-electron chi connectivity index (χ0n) is 16.0. The number of nitrogens with one attached hydrogen (secondary N) is 2. The zero-order valence-corrected chi connectivity index (χ0v) is 16.8. The molecule has 0 aromatic heterocycles. The van der Waals surface area contributed by atoms with Gasteiger partial charge in [-0.25, -0.2) is 4.79 Å². The summed E-state index contributed by atoms with van der Waals surface area (Å²) >= 11 is 5.45. The van der Waals surface area contributed by atoms with Crippen LogP contribution in [0, 0.1) is 20.8 Å². The van der Waals surface area contributed by atoms with Crippen LogP contribution in [-0.4, -0.2) is 17.7 Å². The summed E-state index contributed by atoms with van der Waals surface area (Å²) < 4.78 is 5.03. The van der Waals surface area contributed by atoms with Crippen LogP contribution in [0.15, 0.2) is 36.4 Å². The van der Waals surface area contributed by atoms with E-state index in [1.807, 2.05) is 13.0 Å². The number of esters is 1. The second-order valence-electron chi connectivity index (χ2n) is 6.43. The van der Waals surface area contributed by atoms with Crippen molar-refractivity contribution in [2.75, 3.05) is 11.9 Å². The Hall–Kier alpha value is -2.40. The first-order valence-corrected chi connectivity index (χ1v) is 9.15. The number of hydrogen-bond donors (Lipinski definition) is 2. The van der Waals surface area contributed by atoms with E-state index in [9.17, 15) is 4.79 Å². The fourth-order valence-corrected chi connectivity index (χ4v) is 3.18. The highest BCUT2D eigenvalue weighted by atomic mass is 32.1. The molecular formula is C21H26N2O2S. The number of carbonyl (C=O) groups is 1. The van der Waals surface area contributed by atoms with Gasteiger partial charge in [-0.2, -0.15) is 0 Å². The maximum Gasteiger partial charge on any atom is 0.338 e. The summed E-state index contributed by atoms with van der Waals surface area (Å²) in [5.74, 6) is -0.314. The topological polar surface area (TPSA) is 50.4 Å². The van der Waals surface area contributed by atoms with E-state index in [1.165, 1.54) is 16.7 Å². The standard InChI is InChI=1S/C21H26N2O2S/c1-6-25-20(24)17-8-10-19(15(4)12-17)23-21(26)22-16(5)18-9-7-13(2)11-14(18)3/h7-12,16H,6H2,1-5H3,(H2,22,23,26). The van der Waals surface area contributed by atoms with Crippen molar-refractivity contribution in [3.63, 3.8) is 0 Å². The summed E-state index contributed by atoms with van der Waals surface area (Å²) in [6.45, 7) is 10.4. The summed E-state index contributed by atoms with van der Waals surface area (Å²) in [4.78, 5) is 11.8. The molecule has 138 valence electrons. The van der Waals surface area contributed by atoms with E-state index < -0.39 is 0 Å². The highest BCUT2D eigenvalue weighted by Crippen LogP contribution is 2.20. The quantitative estimate of drug-likeness (QED) is 0.583. The van der Waals surface area contributed by atoms with E-state index in [4.69, 9.17) is 17.0 Å². The summed E-state index contributed by atoms with van der Waals surface area (Å²) in [6, 6.07) is 11.9. The molecule has 0 spiro atoms. The lowest BCUT2D eigenvalue weighted by Gasteiger charge is -2.20. The Morgan fingerprint density at radius 3 is 2.46 bits per heavy atom. The average Bonchev–Trinajstić information content (AvgIpc) is 2.56. The lowest BCUT2D eigenvalue weighted by molar-refractivity contribution is 0.0526. The summed E-state index contributed by atoms with van der Waals surface area (Å²) in [7, 11) is 0. The molecule has 2 rings (SSSR count). The number of carbonyl (C=O) groups excluding carboxylic acids is 1. The van der Waals surface area contributed by atoms with Crippen molar-refractivity contribution in [3.05, 3.63) is 64.2 Å². The molecule has 2 aromatic rings. The minimum absolute atomic E-state index is 0.0923. The van der Waals surface area contributed by atoms with Gasteiger partial charge in [0.2, 0.25) is 0 Å². The smallest absolute Gasteiger partial charge is 0.338 e. The summed E-state index contributed by atoms with van der Waals surface area (Å²) in [5.41, 5.74) is 6.04. The van der Waals surface area contributed by atoms with Gasteiger partial charge in [0.1, 0.15) is 0 Å². The number of aryl methyl sites for hydroxylation is 3. The molecule has 0 aliphatic carbocycles. The largest absolute Gasteiger partial charge is 0.462 e. The van der Waals surface area contributed by atoms with Crippen LogP contribution in [-0.2, 0) is 4.74 Å². The van der Waals surface area contributed by atoms with Gasteiger partial charge in [0.15, 0.2) is 5.11 Å². The molecule has 1 atom stereocenters. The van der Waals surface area contributed by atoms with Crippen molar-refractivity contribution in [2.24, 2.45) is 0 Å². The first-order chi connectivity index (χ1) is 12.3. The molecule has 0 saturated carbocycles. The SMILES string of the molecule is CCOC(=O)c1ccc(NC(=S)NC(C)c2ccc(C)cc2C)c(C)c1. The predicted octanol–water partition coefficient (Wildman–Crippen LogP) is 4.84. The van der Waals surface area contributed by atoms with Crippen molar-refractivity contribution < 1.29 is 9.53 Å². The first-order valence-electron chi connectivity index (χ1n) is 8.74. The normalized spacial score (nSPS) is 11.6. The van der Waals surface area contributed by atoms with Crippen LogP contribution in [0.25, 0.3) is 0 Å². The third-order valence-electron chi connectivity index (χ3n) is 4.23. The first kappa shape index (κ1) is 19.9. The summed E-state index contributed by atoms with van der Waals surface area (Å²) in [5, 5.41) is 7.07. The number of hydrogen-bond acceptors (Lipinski definition) is 3.